The maximum atomic E-state index is 12.3. The Hall–Kier alpha value is -1.24. The van der Waals surface area contributed by atoms with E-state index in [9.17, 15) is 4.79 Å². The number of aryl methyl sites for hydroxylation is 2. The van der Waals surface area contributed by atoms with Gasteiger partial charge in [-0.1, -0.05) is 0 Å². The molecule has 1 fully saturated rings. The molecule has 0 bridgehead atoms. The monoisotopic (exact) mass is 306 g/mol. The first kappa shape index (κ1) is 14.7. The van der Waals surface area contributed by atoms with Crippen molar-refractivity contribution < 1.29 is 0 Å². The average Bonchev–Trinajstić information content (AvgIpc) is 2.70. The molecular weight excluding hydrogens is 284 g/mol. The summed E-state index contributed by atoms with van der Waals surface area (Å²) in [6.45, 7) is 11.1. The highest BCUT2D eigenvalue weighted by atomic mass is 32.1. The van der Waals surface area contributed by atoms with Crippen LogP contribution in [0.25, 0.3) is 10.2 Å². The van der Waals surface area contributed by atoms with Crippen molar-refractivity contribution in [3.05, 3.63) is 26.6 Å². The summed E-state index contributed by atoms with van der Waals surface area (Å²) in [6, 6.07) is 0.892. The molecule has 3 rings (SSSR count). The molecule has 2 atom stereocenters. The zero-order chi connectivity index (χ0) is 15.1. The molecule has 2 unspecified atom stereocenters. The molecule has 0 aromatic carbocycles. The van der Waals surface area contributed by atoms with Gasteiger partial charge in [-0.3, -0.25) is 9.69 Å². The van der Waals surface area contributed by atoms with Crippen LogP contribution in [0.15, 0.2) is 4.79 Å². The number of piperazine rings is 1. The van der Waals surface area contributed by atoms with Gasteiger partial charge in [0.1, 0.15) is 10.7 Å². The lowest BCUT2D eigenvalue weighted by Gasteiger charge is -2.38. The SMILES string of the molecule is Cc1sc2nc(CN3C(C)CNCC3C)[nH]c(=O)c2c1C. The fourth-order valence-corrected chi connectivity index (χ4v) is 4.08. The fourth-order valence-electron chi connectivity index (χ4n) is 3.03. The number of rotatable bonds is 2. The van der Waals surface area contributed by atoms with Crippen molar-refractivity contribution in [2.45, 2.75) is 46.3 Å². The van der Waals surface area contributed by atoms with E-state index in [-0.39, 0.29) is 5.56 Å². The van der Waals surface area contributed by atoms with E-state index >= 15 is 0 Å². The van der Waals surface area contributed by atoms with Crippen LogP contribution < -0.4 is 10.9 Å². The third-order valence-corrected chi connectivity index (χ3v) is 5.53. The molecule has 2 aromatic rings. The molecule has 0 spiro atoms. The van der Waals surface area contributed by atoms with Gasteiger partial charge in [-0.25, -0.2) is 4.98 Å². The minimum Gasteiger partial charge on any atom is -0.314 e. The summed E-state index contributed by atoms with van der Waals surface area (Å²) in [5.41, 5.74) is 1.05. The molecule has 2 aromatic heterocycles. The number of aromatic amines is 1. The van der Waals surface area contributed by atoms with E-state index in [1.54, 1.807) is 11.3 Å². The number of thiophene rings is 1. The van der Waals surface area contributed by atoms with Crippen LogP contribution in [0.1, 0.15) is 30.1 Å². The number of hydrogen-bond acceptors (Lipinski definition) is 5. The second kappa shape index (κ2) is 5.51. The van der Waals surface area contributed by atoms with Gasteiger partial charge in [-0.2, -0.15) is 0 Å². The lowest BCUT2D eigenvalue weighted by molar-refractivity contribution is 0.105. The first-order valence-electron chi connectivity index (χ1n) is 7.42. The molecule has 1 aliphatic rings. The van der Waals surface area contributed by atoms with Crippen molar-refractivity contribution in [1.29, 1.82) is 0 Å². The van der Waals surface area contributed by atoms with Crippen LogP contribution in [-0.2, 0) is 6.54 Å². The molecule has 0 aliphatic carbocycles. The van der Waals surface area contributed by atoms with Crippen LogP contribution >= 0.6 is 11.3 Å². The Labute approximate surface area is 128 Å². The molecule has 114 valence electrons. The lowest BCUT2D eigenvalue weighted by Crippen LogP contribution is -2.54. The van der Waals surface area contributed by atoms with Gasteiger partial charge in [-0.05, 0) is 33.3 Å². The third kappa shape index (κ3) is 2.63. The van der Waals surface area contributed by atoms with E-state index in [4.69, 9.17) is 0 Å². The highest BCUT2D eigenvalue weighted by Gasteiger charge is 2.25. The van der Waals surface area contributed by atoms with Gasteiger partial charge in [0.25, 0.3) is 5.56 Å². The Morgan fingerprint density at radius 2 is 1.95 bits per heavy atom. The Kier molecular flexibility index (Phi) is 3.86. The first-order valence-corrected chi connectivity index (χ1v) is 8.24. The van der Waals surface area contributed by atoms with Crippen molar-refractivity contribution in [1.82, 2.24) is 20.2 Å². The van der Waals surface area contributed by atoms with Crippen molar-refractivity contribution in [3.63, 3.8) is 0 Å². The van der Waals surface area contributed by atoms with Crippen molar-refractivity contribution in [3.8, 4) is 0 Å². The number of nitrogens with one attached hydrogen (secondary N) is 2. The van der Waals surface area contributed by atoms with Crippen molar-refractivity contribution >= 4 is 21.6 Å². The molecule has 1 aliphatic heterocycles. The van der Waals surface area contributed by atoms with Crippen LogP contribution in [0, 0.1) is 13.8 Å². The topological polar surface area (TPSA) is 61.0 Å². The lowest BCUT2D eigenvalue weighted by atomic mass is 10.1. The second-order valence-corrected chi connectivity index (χ2v) is 7.21. The summed E-state index contributed by atoms with van der Waals surface area (Å²) in [5.74, 6) is 0.773. The average molecular weight is 306 g/mol. The summed E-state index contributed by atoms with van der Waals surface area (Å²) >= 11 is 1.61. The Bertz CT molecular complexity index is 710. The van der Waals surface area contributed by atoms with Gasteiger partial charge in [0.2, 0.25) is 0 Å². The van der Waals surface area contributed by atoms with Gasteiger partial charge >= 0.3 is 0 Å². The zero-order valence-corrected chi connectivity index (χ0v) is 13.8. The van der Waals surface area contributed by atoms with Crippen LogP contribution in [0.4, 0.5) is 0 Å². The summed E-state index contributed by atoms with van der Waals surface area (Å²) in [4.78, 5) is 24.4. The highest BCUT2D eigenvalue weighted by molar-refractivity contribution is 7.18. The molecule has 5 nitrogen and oxygen atoms in total. The number of nitrogens with zero attached hydrogens (tertiary/aromatic N) is 2. The molecule has 0 radical (unpaired) electrons. The summed E-state index contributed by atoms with van der Waals surface area (Å²) in [5, 5.41) is 4.17. The standard InChI is InChI=1S/C15H22N4OS/c1-8-5-16-6-9(2)19(8)7-12-17-14(20)13-10(3)11(4)21-15(13)18-12/h8-9,16H,5-7H2,1-4H3,(H,17,18,20). The molecule has 0 amide bonds. The number of hydrogen-bond donors (Lipinski definition) is 2. The summed E-state index contributed by atoms with van der Waals surface area (Å²) < 4.78 is 0. The largest absolute Gasteiger partial charge is 0.314 e. The van der Waals surface area contributed by atoms with E-state index < -0.39 is 0 Å². The summed E-state index contributed by atoms with van der Waals surface area (Å²) in [7, 11) is 0. The first-order chi connectivity index (χ1) is 9.97. The molecule has 0 saturated carbocycles. The maximum absolute atomic E-state index is 12.3. The Balaban J connectivity index is 1.96. The fraction of sp³-hybridized carbons (Fsp3) is 0.600. The van der Waals surface area contributed by atoms with Gasteiger partial charge in [-0.15, -0.1) is 11.3 Å². The molecule has 2 N–H and O–H groups in total. The number of H-pyrrole nitrogens is 1. The normalized spacial score (nSPS) is 23.8. The van der Waals surface area contributed by atoms with E-state index in [2.05, 4.69) is 34.0 Å². The van der Waals surface area contributed by atoms with E-state index in [1.807, 2.05) is 13.8 Å². The summed E-state index contributed by atoms with van der Waals surface area (Å²) in [6.07, 6.45) is 0. The minimum atomic E-state index is -0.00714. The number of fused-ring (bicyclic) bond motifs is 1. The zero-order valence-electron chi connectivity index (χ0n) is 13.0. The predicted octanol–water partition coefficient (Wildman–Crippen LogP) is 1.78. The number of aromatic nitrogens is 2. The van der Waals surface area contributed by atoms with Gasteiger partial charge in [0.05, 0.1) is 11.9 Å². The van der Waals surface area contributed by atoms with Gasteiger partial charge in [0, 0.05) is 30.1 Å². The third-order valence-electron chi connectivity index (χ3n) is 4.43. The minimum absolute atomic E-state index is 0.00714. The van der Waals surface area contributed by atoms with E-state index in [1.165, 1.54) is 4.88 Å². The molecule has 6 heteroatoms. The van der Waals surface area contributed by atoms with Crippen LogP contribution in [0.2, 0.25) is 0 Å². The van der Waals surface area contributed by atoms with Crippen molar-refractivity contribution in [2.75, 3.05) is 13.1 Å². The molecule has 21 heavy (non-hydrogen) atoms. The molecular formula is C15H22N4OS. The highest BCUT2D eigenvalue weighted by Crippen LogP contribution is 2.26. The van der Waals surface area contributed by atoms with Crippen LogP contribution in [0.5, 0.6) is 0 Å². The predicted molar refractivity (Wildman–Crippen MR) is 87.1 cm³/mol. The van der Waals surface area contributed by atoms with E-state index in [0.717, 1.165) is 34.7 Å². The van der Waals surface area contributed by atoms with Crippen LogP contribution in [-0.4, -0.2) is 40.0 Å². The van der Waals surface area contributed by atoms with E-state index in [0.29, 0.717) is 18.6 Å². The van der Waals surface area contributed by atoms with Gasteiger partial charge < -0.3 is 10.3 Å². The quantitative estimate of drug-likeness (QED) is 0.888. The maximum Gasteiger partial charge on any atom is 0.259 e. The van der Waals surface area contributed by atoms with Gasteiger partial charge in [0.15, 0.2) is 0 Å². The Morgan fingerprint density at radius 1 is 1.29 bits per heavy atom. The second-order valence-electron chi connectivity index (χ2n) is 6.00. The van der Waals surface area contributed by atoms with Crippen molar-refractivity contribution in [2.24, 2.45) is 0 Å². The molecule has 3 heterocycles. The smallest absolute Gasteiger partial charge is 0.259 e. The Morgan fingerprint density at radius 3 is 2.62 bits per heavy atom. The molecule has 1 saturated heterocycles. The van der Waals surface area contributed by atoms with Crippen LogP contribution in [0.3, 0.4) is 0 Å².